The van der Waals surface area contributed by atoms with Gasteiger partial charge in [0, 0.05) is 24.0 Å². The highest BCUT2D eigenvalue weighted by atomic mass is 35.5. The molecule has 28 heavy (non-hydrogen) atoms. The van der Waals surface area contributed by atoms with Crippen molar-refractivity contribution in [2.24, 2.45) is 5.73 Å². The molecule has 0 saturated carbocycles. The van der Waals surface area contributed by atoms with Crippen LogP contribution in [0, 0.1) is 0 Å². The van der Waals surface area contributed by atoms with E-state index in [0.29, 0.717) is 24.3 Å². The lowest BCUT2D eigenvalue weighted by Gasteiger charge is -2.36. The lowest BCUT2D eigenvalue weighted by atomic mass is 10.0. The van der Waals surface area contributed by atoms with E-state index in [0.717, 1.165) is 10.1 Å². The van der Waals surface area contributed by atoms with Crippen LogP contribution in [0.4, 0.5) is 13.2 Å². The van der Waals surface area contributed by atoms with Crippen molar-refractivity contribution in [2.45, 2.75) is 56.5 Å². The number of nitrogens with two attached hydrogens (primary N) is 1. The Balaban J connectivity index is 1.48. The van der Waals surface area contributed by atoms with E-state index in [1.807, 2.05) is 12.1 Å². The summed E-state index contributed by atoms with van der Waals surface area (Å²) in [5, 5.41) is 7.67. The molecule has 1 fully saturated rings. The number of benzene rings is 1. The molecule has 2 N–H and O–H groups in total. The highest BCUT2D eigenvalue weighted by Gasteiger charge is 2.48. The Morgan fingerprint density at radius 2 is 2.11 bits per heavy atom. The second-order valence-corrected chi connectivity index (χ2v) is 7.77. The van der Waals surface area contributed by atoms with Crippen molar-refractivity contribution in [1.82, 2.24) is 19.7 Å². The lowest BCUT2D eigenvalue weighted by Crippen LogP contribution is -2.46. The third-order valence-electron chi connectivity index (χ3n) is 5.34. The van der Waals surface area contributed by atoms with Crippen LogP contribution in [-0.2, 0) is 23.9 Å². The average molecular weight is 414 g/mol. The first-order valence-electron chi connectivity index (χ1n) is 9.05. The van der Waals surface area contributed by atoms with E-state index in [-0.39, 0.29) is 30.7 Å². The summed E-state index contributed by atoms with van der Waals surface area (Å²) in [4.78, 5) is 14.5. The summed E-state index contributed by atoms with van der Waals surface area (Å²) in [7, 11) is 0. The van der Waals surface area contributed by atoms with Gasteiger partial charge in [-0.2, -0.15) is 13.2 Å². The van der Waals surface area contributed by atoms with Gasteiger partial charge in [0.05, 0.1) is 12.1 Å². The van der Waals surface area contributed by atoms with Gasteiger partial charge in [-0.05, 0) is 37.0 Å². The number of aromatic nitrogens is 3. The first-order chi connectivity index (χ1) is 13.2. The summed E-state index contributed by atoms with van der Waals surface area (Å²) in [5.41, 5.74) is 7.09. The Labute approximate surface area is 164 Å². The fourth-order valence-electron chi connectivity index (χ4n) is 4.22. The van der Waals surface area contributed by atoms with E-state index in [2.05, 4.69) is 10.2 Å². The highest BCUT2D eigenvalue weighted by Crippen LogP contribution is 2.42. The zero-order valence-corrected chi connectivity index (χ0v) is 15.6. The SMILES string of the molecule is N[C@@H](CC(=O)N1[C@H]2CC[C@H]1c1nnc(C(F)(F)F)n1C2)Cc1cccc(Cl)c1. The summed E-state index contributed by atoms with van der Waals surface area (Å²) >= 11 is 5.97. The number of amides is 1. The summed E-state index contributed by atoms with van der Waals surface area (Å²) in [6, 6.07) is 6.10. The van der Waals surface area contributed by atoms with Crippen molar-refractivity contribution in [3.8, 4) is 0 Å². The van der Waals surface area contributed by atoms with Crippen LogP contribution >= 0.6 is 11.6 Å². The minimum absolute atomic E-state index is 0.0585. The molecule has 0 spiro atoms. The van der Waals surface area contributed by atoms with Crippen LogP contribution in [0.3, 0.4) is 0 Å². The molecular formula is C18H19ClF3N5O. The van der Waals surface area contributed by atoms with Gasteiger partial charge in [-0.3, -0.25) is 4.79 Å². The molecule has 10 heteroatoms. The molecule has 1 amide bonds. The number of alkyl halides is 3. The van der Waals surface area contributed by atoms with Crippen molar-refractivity contribution in [2.75, 3.05) is 0 Å². The quantitative estimate of drug-likeness (QED) is 0.836. The highest BCUT2D eigenvalue weighted by molar-refractivity contribution is 6.30. The Bertz CT molecular complexity index is 900. The molecule has 4 rings (SSSR count). The maximum absolute atomic E-state index is 13.1. The molecule has 6 nitrogen and oxygen atoms in total. The van der Waals surface area contributed by atoms with E-state index < -0.39 is 24.1 Å². The number of hydrogen-bond donors (Lipinski definition) is 1. The second-order valence-electron chi connectivity index (χ2n) is 7.34. The van der Waals surface area contributed by atoms with Crippen molar-refractivity contribution in [1.29, 1.82) is 0 Å². The molecule has 2 aliphatic heterocycles. The number of halogens is 4. The van der Waals surface area contributed by atoms with Gasteiger partial charge >= 0.3 is 6.18 Å². The smallest absolute Gasteiger partial charge is 0.328 e. The Morgan fingerprint density at radius 1 is 1.32 bits per heavy atom. The minimum atomic E-state index is -4.56. The van der Waals surface area contributed by atoms with Crippen molar-refractivity contribution in [3.63, 3.8) is 0 Å². The third kappa shape index (κ3) is 3.48. The average Bonchev–Trinajstić information content (AvgIpc) is 3.16. The largest absolute Gasteiger partial charge is 0.451 e. The van der Waals surface area contributed by atoms with E-state index in [1.54, 1.807) is 17.0 Å². The zero-order chi connectivity index (χ0) is 20.1. The summed E-state index contributed by atoms with van der Waals surface area (Å²) < 4.78 is 40.5. The normalized spacial score (nSPS) is 22.2. The summed E-state index contributed by atoms with van der Waals surface area (Å²) in [6.07, 6.45) is -2.74. The van der Waals surface area contributed by atoms with Crippen LogP contribution in [-0.4, -0.2) is 37.7 Å². The standard InChI is InChI=1S/C18H19ClF3N5O/c19-11-3-1-2-10(6-11)7-12(23)8-15(28)27-13-4-5-14(27)16-24-25-17(18(20,21)22)26(16)9-13/h1-3,6,12-14H,4-5,7-9,23H2/t12-,13+,14+/m1/s1. The van der Waals surface area contributed by atoms with Crippen LogP contribution in [0.25, 0.3) is 0 Å². The van der Waals surface area contributed by atoms with Gasteiger partial charge in [-0.1, -0.05) is 23.7 Å². The Morgan fingerprint density at radius 3 is 2.82 bits per heavy atom. The van der Waals surface area contributed by atoms with Crippen molar-refractivity contribution in [3.05, 3.63) is 46.5 Å². The molecule has 3 atom stereocenters. The molecule has 3 heterocycles. The van der Waals surface area contributed by atoms with Gasteiger partial charge in [0.1, 0.15) is 0 Å². The molecule has 0 aliphatic carbocycles. The van der Waals surface area contributed by atoms with Gasteiger partial charge in [0.15, 0.2) is 5.82 Å². The molecule has 2 aliphatic rings. The van der Waals surface area contributed by atoms with Crippen LogP contribution in [0.1, 0.15) is 42.5 Å². The topological polar surface area (TPSA) is 77.0 Å². The summed E-state index contributed by atoms with van der Waals surface area (Å²) in [5.74, 6) is -0.952. The number of carbonyl (C=O) groups is 1. The number of fused-ring (bicyclic) bond motifs is 4. The minimum Gasteiger partial charge on any atom is -0.328 e. The first kappa shape index (κ1) is 19.2. The van der Waals surface area contributed by atoms with Gasteiger partial charge in [-0.25, -0.2) is 0 Å². The number of hydrogen-bond acceptors (Lipinski definition) is 4. The predicted molar refractivity (Wildman–Crippen MR) is 95.4 cm³/mol. The molecule has 150 valence electrons. The van der Waals surface area contributed by atoms with Gasteiger partial charge < -0.3 is 15.2 Å². The van der Waals surface area contributed by atoms with Crippen molar-refractivity contribution >= 4 is 17.5 Å². The van der Waals surface area contributed by atoms with Crippen molar-refractivity contribution < 1.29 is 18.0 Å². The molecule has 1 aromatic carbocycles. The number of carbonyl (C=O) groups excluding carboxylic acids is 1. The Kier molecular flexibility index (Phi) is 4.83. The summed E-state index contributed by atoms with van der Waals surface area (Å²) in [6.45, 7) is 0.0585. The van der Waals surface area contributed by atoms with Gasteiger partial charge in [0.25, 0.3) is 0 Å². The third-order valence-corrected chi connectivity index (χ3v) is 5.57. The fourth-order valence-corrected chi connectivity index (χ4v) is 4.44. The van der Waals surface area contributed by atoms with Gasteiger partial charge in [-0.15, -0.1) is 10.2 Å². The molecule has 1 saturated heterocycles. The monoisotopic (exact) mass is 413 g/mol. The molecule has 2 bridgehead atoms. The lowest BCUT2D eigenvalue weighted by molar-refractivity contribution is -0.148. The first-order valence-corrected chi connectivity index (χ1v) is 9.43. The van der Waals surface area contributed by atoms with Crippen LogP contribution in [0.5, 0.6) is 0 Å². The van der Waals surface area contributed by atoms with Gasteiger partial charge in [0.2, 0.25) is 11.7 Å². The van der Waals surface area contributed by atoms with E-state index in [9.17, 15) is 18.0 Å². The van der Waals surface area contributed by atoms with Crippen LogP contribution in [0.15, 0.2) is 24.3 Å². The van der Waals surface area contributed by atoms with E-state index in [1.165, 1.54) is 0 Å². The molecule has 2 aromatic rings. The predicted octanol–water partition coefficient (Wildman–Crippen LogP) is 2.96. The fraction of sp³-hybridized carbons (Fsp3) is 0.500. The van der Waals surface area contributed by atoms with E-state index >= 15 is 0 Å². The second kappa shape index (κ2) is 7.04. The van der Waals surface area contributed by atoms with E-state index in [4.69, 9.17) is 17.3 Å². The van der Waals surface area contributed by atoms with Crippen LogP contribution < -0.4 is 5.73 Å². The maximum atomic E-state index is 13.1. The molecular weight excluding hydrogens is 395 g/mol. The Hall–Kier alpha value is -2.13. The number of nitrogens with zero attached hydrogens (tertiary/aromatic N) is 4. The molecule has 1 aromatic heterocycles. The number of rotatable bonds is 4. The zero-order valence-electron chi connectivity index (χ0n) is 14.9. The van der Waals surface area contributed by atoms with Crippen LogP contribution in [0.2, 0.25) is 5.02 Å². The molecule has 0 radical (unpaired) electrons. The maximum Gasteiger partial charge on any atom is 0.451 e. The molecule has 0 unspecified atom stereocenters.